The molecule has 0 N–H and O–H groups in total. The molecular weight excluding hydrogens is 282 g/mol. The number of hydrogen-bond donors (Lipinski definition) is 0. The van der Waals surface area contributed by atoms with Gasteiger partial charge in [-0.05, 0) is 29.2 Å². The summed E-state index contributed by atoms with van der Waals surface area (Å²) in [5.74, 6) is 0.175. The number of nitrogens with zero attached hydrogens (tertiary/aromatic N) is 1. The Balaban J connectivity index is 2.15. The highest BCUT2D eigenvalue weighted by Gasteiger charge is 2.32. The van der Waals surface area contributed by atoms with Crippen LogP contribution in [-0.2, 0) is 11.2 Å². The summed E-state index contributed by atoms with van der Waals surface area (Å²) in [6, 6.07) is 16.1. The smallest absolute Gasteiger partial charge is 0.223 e. The first kappa shape index (κ1) is 14.2. The molecule has 3 heteroatoms. The van der Waals surface area contributed by atoms with Gasteiger partial charge in [0, 0.05) is 18.0 Å². The van der Waals surface area contributed by atoms with Crippen LogP contribution < -0.4 is 0 Å². The number of rotatable bonds is 2. The fourth-order valence-corrected chi connectivity index (χ4v) is 3.31. The summed E-state index contributed by atoms with van der Waals surface area (Å²) >= 11 is 6.40. The van der Waals surface area contributed by atoms with Gasteiger partial charge in [0.2, 0.25) is 5.91 Å². The van der Waals surface area contributed by atoms with Crippen LogP contribution in [0.15, 0.2) is 48.5 Å². The van der Waals surface area contributed by atoms with Crippen LogP contribution in [0.1, 0.15) is 36.1 Å². The Kier molecular flexibility index (Phi) is 3.98. The Morgan fingerprint density at radius 3 is 2.52 bits per heavy atom. The minimum absolute atomic E-state index is 0.0731. The van der Waals surface area contributed by atoms with Gasteiger partial charge in [-0.15, -0.1) is 0 Å². The molecule has 0 aliphatic carbocycles. The molecule has 1 heterocycles. The molecule has 0 spiro atoms. The van der Waals surface area contributed by atoms with Gasteiger partial charge in [0.15, 0.2) is 0 Å². The van der Waals surface area contributed by atoms with E-state index in [0.717, 1.165) is 18.5 Å². The number of benzene rings is 2. The second-order valence-electron chi connectivity index (χ2n) is 5.31. The maximum absolute atomic E-state index is 12.4. The molecule has 0 saturated heterocycles. The highest BCUT2D eigenvalue weighted by Crippen LogP contribution is 2.38. The third kappa shape index (κ3) is 2.56. The maximum Gasteiger partial charge on any atom is 0.223 e. The average molecular weight is 300 g/mol. The van der Waals surface area contributed by atoms with Gasteiger partial charge < -0.3 is 4.90 Å². The summed E-state index contributed by atoms with van der Waals surface area (Å²) in [7, 11) is 0. The zero-order chi connectivity index (χ0) is 14.8. The zero-order valence-electron chi connectivity index (χ0n) is 12.1. The first-order valence-corrected chi connectivity index (χ1v) is 7.72. The Bertz CT molecular complexity index is 668. The lowest BCUT2D eigenvalue weighted by molar-refractivity contribution is -0.132. The van der Waals surface area contributed by atoms with Crippen molar-refractivity contribution in [3.63, 3.8) is 0 Å². The average Bonchev–Trinajstić information content (AvgIpc) is 2.54. The van der Waals surface area contributed by atoms with Crippen LogP contribution in [0.4, 0.5) is 0 Å². The molecule has 21 heavy (non-hydrogen) atoms. The summed E-state index contributed by atoms with van der Waals surface area (Å²) in [5.41, 5.74) is 3.51. The first-order valence-electron chi connectivity index (χ1n) is 7.34. The normalized spacial score (nSPS) is 17.4. The summed E-state index contributed by atoms with van der Waals surface area (Å²) < 4.78 is 0. The molecule has 1 atom stereocenters. The van der Waals surface area contributed by atoms with Crippen molar-refractivity contribution in [1.82, 2.24) is 4.90 Å². The van der Waals surface area contributed by atoms with Crippen LogP contribution in [0.2, 0.25) is 5.02 Å². The number of carbonyl (C=O) groups is 1. The minimum atomic E-state index is -0.0731. The largest absolute Gasteiger partial charge is 0.331 e. The second-order valence-corrected chi connectivity index (χ2v) is 5.72. The molecule has 3 rings (SSSR count). The Morgan fingerprint density at radius 1 is 1.14 bits per heavy atom. The lowest BCUT2D eigenvalue weighted by Crippen LogP contribution is -2.40. The van der Waals surface area contributed by atoms with Crippen LogP contribution in [0.3, 0.4) is 0 Å². The lowest BCUT2D eigenvalue weighted by Gasteiger charge is -2.38. The molecule has 0 saturated carbocycles. The molecule has 2 aromatic carbocycles. The Hall–Kier alpha value is -1.80. The van der Waals surface area contributed by atoms with Crippen molar-refractivity contribution >= 4 is 17.5 Å². The van der Waals surface area contributed by atoms with E-state index in [2.05, 4.69) is 18.2 Å². The van der Waals surface area contributed by atoms with Crippen LogP contribution in [-0.4, -0.2) is 17.4 Å². The van der Waals surface area contributed by atoms with Crippen molar-refractivity contribution in [2.75, 3.05) is 6.54 Å². The summed E-state index contributed by atoms with van der Waals surface area (Å²) in [4.78, 5) is 14.3. The molecule has 2 aromatic rings. The molecular formula is C18H18ClNO. The third-order valence-electron chi connectivity index (χ3n) is 4.11. The predicted molar refractivity (Wildman–Crippen MR) is 85.4 cm³/mol. The molecule has 2 nitrogen and oxygen atoms in total. The summed E-state index contributed by atoms with van der Waals surface area (Å²) in [6.07, 6.45) is 1.42. The van der Waals surface area contributed by atoms with Crippen LogP contribution in [0, 0.1) is 0 Å². The third-order valence-corrected chi connectivity index (χ3v) is 4.45. The molecule has 108 valence electrons. The fraction of sp³-hybridized carbons (Fsp3) is 0.278. The van der Waals surface area contributed by atoms with Gasteiger partial charge in [-0.2, -0.15) is 0 Å². The van der Waals surface area contributed by atoms with Gasteiger partial charge >= 0.3 is 0 Å². The lowest BCUT2D eigenvalue weighted by atomic mass is 9.88. The minimum Gasteiger partial charge on any atom is -0.331 e. The van der Waals surface area contributed by atoms with E-state index in [4.69, 9.17) is 11.6 Å². The van der Waals surface area contributed by atoms with Gasteiger partial charge in [0.1, 0.15) is 0 Å². The van der Waals surface area contributed by atoms with Gasteiger partial charge in [-0.25, -0.2) is 0 Å². The molecule has 1 unspecified atom stereocenters. The Labute approximate surface area is 130 Å². The second kappa shape index (κ2) is 5.90. The van der Waals surface area contributed by atoms with Crippen molar-refractivity contribution in [3.8, 4) is 0 Å². The molecule has 1 amide bonds. The van der Waals surface area contributed by atoms with E-state index < -0.39 is 0 Å². The van der Waals surface area contributed by atoms with Crippen molar-refractivity contribution in [1.29, 1.82) is 0 Å². The monoisotopic (exact) mass is 299 g/mol. The fourth-order valence-electron chi connectivity index (χ4n) is 3.07. The van der Waals surface area contributed by atoms with Crippen molar-refractivity contribution in [2.45, 2.75) is 25.8 Å². The van der Waals surface area contributed by atoms with Crippen LogP contribution in [0.5, 0.6) is 0 Å². The number of carbonyl (C=O) groups excluding carboxylic acids is 1. The van der Waals surface area contributed by atoms with E-state index in [-0.39, 0.29) is 11.9 Å². The highest BCUT2D eigenvalue weighted by atomic mass is 35.5. The summed E-state index contributed by atoms with van der Waals surface area (Å²) in [5, 5.41) is 0.716. The first-order chi connectivity index (χ1) is 10.2. The molecule has 1 aliphatic heterocycles. The van der Waals surface area contributed by atoms with E-state index in [0.29, 0.717) is 11.4 Å². The van der Waals surface area contributed by atoms with E-state index in [9.17, 15) is 4.79 Å². The molecule has 1 aliphatic rings. The maximum atomic E-state index is 12.4. The zero-order valence-corrected chi connectivity index (χ0v) is 12.8. The van der Waals surface area contributed by atoms with Crippen LogP contribution in [0.25, 0.3) is 0 Å². The van der Waals surface area contributed by atoms with Gasteiger partial charge in [-0.3, -0.25) is 4.79 Å². The predicted octanol–water partition coefficient (Wildman–Crippen LogP) is 4.22. The highest BCUT2D eigenvalue weighted by molar-refractivity contribution is 6.31. The summed E-state index contributed by atoms with van der Waals surface area (Å²) in [6.45, 7) is 2.66. The quantitative estimate of drug-likeness (QED) is 0.813. The number of amides is 1. The van der Waals surface area contributed by atoms with Gasteiger partial charge in [-0.1, -0.05) is 61.0 Å². The van der Waals surface area contributed by atoms with E-state index >= 15 is 0 Å². The topological polar surface area (TPSA) is 20.3 Å². The molecule has 0 aromatic heterocycles. The van der Waals surface area contributed by atoms with Crippen molar-refractivity contribution in [3.05, 3.63) is 70.2 Å². The van der Waals surface area contributed by atoms with Crippen molar-refractivity contribution in [2.24, 2.45) is 0 Å². The molecule has 0 bridgehead atoms. The number of halogens is 1. The van der Waals surface area contributed by atoms with E-state index in [1.54, 1.807) is 0 Å². The van der Waals surface area contributed by atoms with Crippen molar-refractivity contribution < 1.29 is 4.79 Å². The standard InChI is InChI=1S/C18H18ClNO/c1-2-17(21)20-12-11-13-7-3-4-8-14(13)18(20)15-9-5-6-10-16(15)19/h3-10,18H,2,11-12H2,1H3. The van der Waals surface area contributed by atoms with E-state index in [1.807, 2.05) is 42.2 Å². The molecule has 0 radical (unpaired) electrons. The number of fused-ring (bicyclic) bond motifs is 1. The van der Waals surface area contributed by atoms with Crippen LogP contribution >= 0.6 is 11.6 Å². The SMILES string of the molecule is CCC(=O)N1CCc2ccccc2C1c1ccccc1Cl. The molecule has 0 fully saturated rings. The van der Waals surface area contributed by atoms with E-state index in [1.165, 1.54) is 11.1 Å². The Morgan fingerprint density at radius 2 is 1.81 bits per heavy atom. The van der Waals surface area contributed by atoms with Gasteiger partial charge in [0.05, 0.1) is 6.04 Å². The number of hydrogen-bond acceptors (Lipinski definition) is 1. The van der Waals surface area contributed by atoms with Gasteiger partial charge in [0.25, 0.3) is 0 Å².